The molecule has 2 saturated heterocycles. The molecule has 0 atom stereocenters. The largest absolute Gasteiger partial charge is 0.369 e. The maximum absolute atomic E-state index is 13.8. The van der Waals surface area contributed by atoms with Gasteiger partial charge in [0, 0.05) is 110 Å². The molecule has 7 heteroatoms. The molecule has 1 aromatic heterocycles. The fourth-order valence-corrected chi connectivity index (χ4v) is 7.06. The van der Waals surface area contributed by atoms with Crippen molar-refractivity contribution in [1.29, 1.82) is 0 Å². The van der Waals surface area contributed by atoms with Crippen LogP contribution in [0, 0.1) is 0 Å². The molecule has 0 N–H and O–H groups in total. The SMILES string of the molecule is O=C(c1ccc(CN2CCN(c3ccc(Cl)cc3)CC2)cc1)c1cn(CCCN2CCN(c3ccccc3)CC2)c2ccccc12. The van der Waals surface area contributed by atoms with Crippen LogP contribution in [0.25, 0.3) is 10.9 Å². The van der Waals surface area contributed by atoms with E-state index in [9.17, 15) is 4.79 Å². The van der Waals surface area contributed by atoms with Crippen molar-refractivity contribution in [2.75, 3.05) is 68.7 Å². The van der Waals surface area contributed by atoms with E-state index < -0.39 is 0 Å². The van der Waals surface area contributed by atoms with Gasteiger partial charge in [0.2, 0.25) is 0 Å². The summed E-state index contributed by atoms with van der Waals surface area (Å²) < 4.78 is 2.28. The highest BCUT2D eigenvalue weighted by molar-refractivity contribution is 6.30. The third-order valence-corrected chi connectivity index (χ3v) is 9.84. The highest BCUT2D eigenvalue weighted by atomic mass is 35.5. The maximum atomic E-state index is 13.8. The van der Waals surface area contributed by atoms with Crippen LogP contribution in [0.1, 0.15) is 27.9 Å². The number of fused-ring (bicyclic) bond motifs is 1. The van der Waals surface area contributed by atoms with Gasteiger partial charge in [0.05, 0.1) is 0 Å². The molecule has 3 heterocycles. The van der Waals surface area contributed by atoms with Gasteiger partial charge in [-0.15, -0.1) is 0 Å². The summed E-state index contributed by atoms with van der Waals surface area (Å²) in [5.74, 6) is 0.0927. The van der Waals surface area contributed by atoms with E-state index >= 15 is 0 Å². The minimum atomic E-state index is 0.0927. The number of para-hydroxylation sites is 2. The summed E-state index contributed by atoms with van der Waals surface area (Å²) in [6, 6.07) is 35.4. The second-order valence-corrected chi connectivity index (χ2v) is 13.0. The standard InChI is InChI=1S/C39H42ClN5O/c40-33-15-17-35(18-16-33)44-27-23-42(24-28-44)29-31-11-13-32(14-12-31)39(46)37-30-45(38-10-5-4-9-36(37)38)20-6-19-41-21-25-43(26-22-41)34-7-2-1-3-8-34/h1-5,7-18,30H,6,19-29H2. The Labute approximate surface area is 277 Å². The average Bonchev–Trinajstić information content (AvgIpc) is 3.48. The van der Waals surface area contributed by atoms with Gasteiger partial charge in [-0.3, -0.25) is 14.6 Å². The molecule has 2 aliphatic heterocycles. The zero-order chi connectivity index (χ0) is 31.3. The van der Waals surface area contributed by atoms with Crippen molar-refractivity contribution < 1.29 is 4.79 Å². The number of ketones is 1. The number of benzene rings is 4. The van der Waals surface area contributed by atoms with Crippen LogP contribution in [0.3, 0.4) is 0 Å². The molecule has 6 nitrogen and oxygen atoms in total. The van der Waals surface area contributed by atoms with Crippen molar-refractivity contribution in [1.82, 2.24) is 14.4 Å². The maximum Gasteiger partial charge on any atom is 0.195 e. The molecule has 0 radical (unpaired) electrons. The normalized spacial score (nSPS) is 16.3. The molecular weight excluding hydrogens is 590 g/mol. The third-order valence-electron chi connectivity index (χ3n) is 9.59. The molecule has 0 aliphatic carbocycles. The van der Waals surface area contributed by atoms with Gasteiger partial charge < -0.3 is 14.4 Å². The van der Waals surface area contributed by atoms with E-state index in [4.69, 9.17) is 11.6 Å². The lowest BCUT2D eigenvalue weighted by Gasteiger charge is -2.36. The molecule has 236 valence electrons. The summed E-state index contributed by atoms with van der Waals surface area (Å²) in [6.45, 7) is 11.2. The Morgan fingerprint density at radius 1 is 0.609 bits per heavy atom. The molecule has 0 unspecified atom stereocenters. The summed E-state index contributed by atoms with van der Waals surface area (Å²) in [7, 11) is 0. The summed E-state index contributed by atoms with van der Waals surface area (Å²) in [5.41, 5.74) is 6.45. The second-order valence-electron chi connectivity index (χ2n) is 12.5. The van der Waals surface area contributed by atoms with Crippen LogP contribution in [-0.4, -0.2) is 79.1 Å². The summed E-state index contributed by atoms with van der Waals surface area (Å²) >= 11 is 6.07. The van der Waals surface area contributed by atoms with Gasteiger partial charge in [-0.25, -0.2) is 0 Å². The van der Waals surface area contributed by atoms with Gasteiger partial charge in [0.15, 0.2) is 5.78 Å². The van der Waals surface area contributed by atoms with Crippen molar-refractivity contribution >= 4 is 39.7 Å². The molecule has 5 aromatic rings. The number of anilines is 2. The highest BCUT2D eigenvalue weighted by Gasteiger charge is 2.20. The Hall–Kier alpha value is -4.10. The number of rotatable bonds is 10. The molecule has 0 saturated carbocycles. The summed E-state index contributed by atoms with van der Waals surface area (Å²) in [4.78, 5) is 23.7. The first kappa shape index (κ1) is 30.5. The predicted octanol–water partition coefficient (Wildman–Crippen LogP) is 7.06. The first-order valence-corrected chi connectivity index (χ1v) is 17.0. The monoisotopic (exact) mass is 631 g/mol. The van der Waals surface area contributed by atoms with E-state index in [0.29, 0.717) is 0 Å². The van der Waals surface area contributed by atoms with E-state index in [-0.39, 0.29) is 5.78 Å². The molecule has 4 aromatic carbocycles. The first-order chi connectivity index (χ1) is 22.6. The van der Waals surface area contributed by atoms with Gasteiger partial charge in [-0.2, -0.15) is 0 Å². The fourth-order valence-electron chi connectivity index (χ4n) is 6.94. The number of carbonyl (C=O) groups is 1. The molecule has 2 aliphatic rings. The lowest BCUT2D eigenvalue weighted by atomic mass is 10.0. The number of nitrogens with zero attached hydrogens (tertiary/aromatic N) is 5. The molecule has 0 spiro atoms. The minimum Gasteiger partial charge on any atom is -0.369 e. The Balaban J connectivity index is 0.935. The van der Waals surface area contributed by atoms with Gasteiger partial charge in [0.1, 0.15) is 0 Å². The number of aryl methyl sites for hydroxylation is 1. The first-order valence-electron chi connectivity index (χ1n) is 16.6. The number of piperazine rings is 2. The van der Waals surface area contributed by atoms with Gasteiger partial charge in [-0.05, 0) is 61.0 Å². The van der Waals surface area contributed by atoms with E-state index in [1.807, 2.05) is 30.3 Å². The number of hydrogen-bond acceptors (Lipinski definition) is 5. The van der Waals surface area contributed by atoms with E-state index in [0.717, 1.165) is 105 Å². The van der Waals surface area contributed by atoms with Crippen LogP contribution in [-0.2, 0) is 13.1 Å². The van der Waals surface area contributed by atoms with Crippen LogP contribution < -0.4 is 9.80 Å². The van der Waals surface area contributed by atoms with E-state index in [1.54, 1.807) is 0 Å². The van der Waals surface area contributed by atoms with Crippen molar-refractivity contribution in [2.24, 2.45) is 0 Å². The molecule has 46 heavy (non-hydrogen) atoms. The van der Waals surface area contributed by atoms with Crippen LogP contribution in [0.2, 0.25) is 5.02 Å². The molecule has 0 amide bonds. The second kappa shape index (κ2) is 14.1. The molecule has 2 fully saturated rings. The van der Waals surface area contributed by atoms with Crippen molar-refractivity contribution in [3.8, 4) is 0 Å². The Morgan fingerprint density at radius 3 is 1.91 bits per heavy atom. The van der Waals surface area contributed by atoms with E-state index in [1.165, 1.54) is 16.9 Å². The lowest BCUT2D eigenvalue weighted by molar-refractivity contribution is 0.104. The number of carbonyl (C=O) groups excluding carboxylic acids is 1. The van der Waals surface area contributed by atoms with Gasteiger partial charge in [-0.1, -0.05) is 72.3 Å². The smallest absolute Gasteiger partial charge is 0.195 e. The van der Waals surface area contributed by atoms with Crippen molar-refractivity contribution in [3.63, 3.8) is 0 Å². The zero-order valence-electron chi connectivity index (χ0n) is 26.4. The van der Waals surface area contributed by atoms with Crippen LogP contribution in [0.15, 0.2) is 109 Å². The molecule has 0 bridgehead atoms. The van der Waals surface area contributed by atoms with Gasteiger partial charge >= 0.3 is 0 Å². The lowest BCUT2D eigenvalue weighted by Crippen LogP contribution is -2.46. The minimum absolute atomic E-state index is 0.0927. The molecular formula is C39H42ClN5O. The predicted molar refractivity (Wildman–Crippen MR) is 190 cm³/mol. The number of aromatic nitrogens is 1. The summed E-state index contributed by atoms with van der Waals surface area (Å²) in [5, 5.41) is 1.81. The highest BCUT2D eigenvalue weighted by Crippen LogP contribution is 2.26. The summed E-state index contributed by atoms with van der Waals surface area (Å²) in [6.07, 6.45) is 3.13. The zero-order valence-corrected chi connectivity index (χ0v) is 27.2. The molecule has 7 rings (SSSR count). The fraction of sp³-hybridized carbons (Fsp3) is 0.308. The number of hydrogen-bond donors (Lipinski definition) is 0. The van der Waals surface area contributed by atoms with E-state index in [2.05, 4.69) is 103 Å². The third kappa shape index (κ3) is 7.00. The van der Waals surface area contributed by atoms with Crippen LogP contribution in [0.4, 0.5) is 11.4 Å². The number of halogens is 1. The van der Waals surface area contributed by atoms with Crippen molar-refractivity contribution in [2.45, 2.75) is 19.5 Å². The Morgan fingerprint density at radius 2 is 1.22 bits per heavy atom. The van der Waals surface area contributed by atoms with Crippen LogP contribution in [0.5, 0.6) is 0 Å². The quantitative estimate of drug-likeness (QED) is 0.154. The Bertz CT molecular complexity index is 1740. The Kier molecular flexibility index (Phi) is 9.38. The van der Waals surface area contributed by atoms with Crippen molar-refractivity contribution in [3.05, 3.63) is 131 Å². The topological polar surface area (TPSA) is 35.0 Å². The van der Waals surface area contributed by atoms with Crippen LogP contribution >= 0.6 is 11.6 Å². The van der Waals surface area contributed by atoms with Gasteiger partial charge in [0.25, 0.3) is 0 Å². The average molecular weight is 632 g/mol.